The number of hydrogen-bond acceptors (Lipinski definition) is 4. The third-order valence-electron chi connectivity index (χ3n) is 4.59. The molecule has 2 aliphatic rings. The fourth-order valence-electron chi connectivity index (χ4n) is 3.19. The van der Waals surface area contributed by atoms with E-state index in [1.54, 1.807) is 11.3 Å². The van der Waals surface area contributed by atoms with Gasteiger partial charge in [0.2, 0.25) is 0 Å². The molecule has 0 amide bonds. The maximum absolute atomic E-state index is 11.9. The number of thiazole rings is 1. The Morgan fingerprint density at radius 3 is 2.63 bits per heavy atom. The Bertz CT molecular complexity index is 474. The molecule has 0 aromatic carbocycles. The molecule has 1 aromatic heterocycles. The maximum atomic E-state index is 11.9. The molecule has 0 radical (unpaired) electrons. The van der Waals surface area contributed by atoms with Gasteiger partial charge in [0, 0.05) is 19.5 Å². The smallest absolute Gasteiger partial charge is 0.186 e. The first-order chi connectivity index (χ1) is 9.15. The van der Waals surface area contributed by atoms with Gasteiger partial charge in [-0.3, -0.25) is 4.79 Å². The van der Waals surface area contributed by atoms with Crippen molar-refractivity contribution in [2.45, 2.75) is 57.9 Å². The summed E-state index contributed by atoms with van der Waals surface area (Å²) in [5, 5.41) is 1.06. The lowest BCUT2D eigenvalue weighted by Crippen LogP contribution is -2.34. The normalized spacial score (nSPS) is 27.2. The van der Waals surface area contributed by atoms with Gasteiger partial charge in [-0.1, -0.05) is 18.3 Å². The summed E-state index contributed by atoms with van der Waals surface area (Å²) in [6.45, 7) is 2.34. The number of nitrogens with zero attached hydrogens (tertiary/aromatic N) is 2. The van der Waals surface area contributed by atoms with Crippen molar-refractivity contribution >= 4 is 22.3 Å². The lowest BCUT2D eigenvalue weighted by molar-refractivity contribution is 0.0976. The fourth-order valence-corrected chi connectivity index (χ4v) is 4.31. The standard InChI is InChI=1S/C15H22N2OS/c1-10-6-8-11(9-7-10)17(2)15-16-12-4-3-5-13(18)14(12)19-15/h10-11H,3-9H2,1-2H3. The molecular weight excluding hydrogens is 256 g/mol. The zero-order valence-corrected chi connectivity index (χ0v) is 12.6. The number of anilines is 1. The molecule has 0 unspecified atom stereocenters. The van der Waals surface area contributed by atoms with Gasteiger partial charge in [0.05, 0.1) is 10.6 Å². The summed E-state index contributed by atoms with van der Waals surface area (Å²) in [6, 6.07) is 0.610. The Morgan fingerprint density at radius 1 is 1.21 bits per heavy atom. The van der Waals surface area contributed by atoms with Crippen molar-refractivity contribution < 1.29 is 4.79 Å². The van der Waals surface area contributed by atoms with Gasteiger partial charge >= 0.3 is 0 Å². The van der Waals surface area contributed by atoms with Crippen LogP contribution in [0.3, 0.4) is 0 Å². The molecule has 1 aromatic rings. The van der Waals surface area contributed by atoms with E-state index in [-0.39, 0.29) is 0 Å². The van der Waals surface area contributed by atoms with Gasteiger partial charge in [0.25, 0.3) is 0 Å². The van der Waals surface area contributed by atoms with Gasteiger partial charge < -0.3 is 4.90 Å². The first kappa shape index (κ1) is 13.1. The van der Waals surface area contributed by atoms with E-state index < -0.39 is 0 Å². The fraction of sp³-hybridized carbons (Fsp3) is 0.733. The van der Waals surface area contributed by atoms with Crippen LogP contribution in [0.4, 0.5) is 5.13 Å². The average molecular weight is 278 g/mol. The van der Waals surface area contributed by atoms with E-state index in [0.717, 1.165) is 34.5 Å². The summed E-state index contributed by atoms with van der Waals surface area (Å²) < 4.78 is 0. The summed E-state index contributed by atoms with van der Waals surface area (Å²) >= 11 is 1.61. The lowest BCUT2D eigenvalue weighted by Gasteiger charge is -2.33. The highest BCUT2D eigenvalue weighted by Gasteiger charge is 2.27. The highest BCUT2D eigenvalue weighted by Crippen LogP contribution is 2.35. The predicted octanol–water partition coefficient (Wildman–Crippen LogP) is 3.68. The zero-order chi connectivity index (χ0) is 13.4. The minimum Gasteiger partial charge on any atom is -0.348 e. The Kier molecular flexibility index (Phi) is 3.61. The molecule has 3 nitrogen and oxygen atoms in total. The SMILES string of the molecule is CC1CCC(N(C)c2nc3c(s2)C(=O)CCC3)CC1. The number of hydrogen-bond donors (Lipinski definition) is 0. The highest BCUT2D eigenvalue weighted by molar-refractivity contribution is 7.17. The Hall–Kier alpha value is -0.900. The topological polar surface area (TPSA) is 33.2 Å². The van der Waals surface area contributed by atoms with Crippen molar-refractivity contribution in [3.8, 4) is 0 Å². The maximum Gasteiger partial charge on any atom is 0.186 e. The van der Waals surface area contributed by atoms with Crippen molar-refractivity contribution in [3.63, 3.8) is 0 Å². The molecule has 0 saturated heterocycles. The Balaban J connectivity index is 1.77. The van der Waals surface area contributed by atoms with Gasteiger partial charge in [0.15, 0.2) is 10.9 Å². The molecule has 1 heterocycles. The minimum absolute atomic E-state index is 0.302. The van der Waals surface area contributed by atoms with Crippen molar-refractivity contribution in [2.24, 2.45) is 5.92 Å². The summed E-state index contributed by atoms with van der Waals surface area (Å²) in [7, 11) is 2.15. The zero-order valence-electron chi connectivity index (χ0n) is 11.8. The van der Waals surface area contributed by atoms with E-state index in [0.29, 0.717) is 18.2 Å². The van der Waals surface area contributed by atoms with Crippen LogP contribution >= 0.6 is 11.3 Å². The van der Waals surface area contributed by atoms with Gasteiger partial charge in [-0.15, -0.1) is 0 Å². The van der Waals surface area contributed by atoms with Crippen molar-refractivity contribution in [1.29, 1.82) is 0 Å². The molecular formula is C15H22N2OS. The number of fused-ring (bicyclic) bond motifs is 1. The van der Waals surface area contributed by atoms with Crippen LogP contribution < -0.4 is 4.90 Å². The van der Waals surface area contributed by atoms with E-state index in [4.69, 9.17) is 4.98 Å². The van der Waals surface area contributed by atoms with E-state index in [1.807, 2.05) is 0 Å². The molecule has 19 heavy (non-hydrogen) atoms. The Labute approximate surface area is 119 Å². The van der Waals surface area contributed by atoms with Gasteiger partial charge in [0.1, 0.15) is 0 Å². The van der Waals surface area contributed by atoms with Crippen LogP contribution in [-0.4, -0.2) is 23.9 Å². The predicted molar refractivity (Wildman–Crippen MR) is 79.2 cm³/mol. The second-order valence-electron chi connectivity index (χ2n) is 6.07. The number of Topliss-reactive ketones (excluding diaryl/α,β-unsaturated/α-hetero) is 1. The molecule has 104 valence electrons. The summed E-state index contributed by atoms with van der Waals surface area (Å²) in [5.41, 5.74) is 1.05. The van der Waals surface area contributed by atoms with Crippen LogP contribution in [0.1, 0.15) is 60.8 Å². The number of carbonyl (C=O) groups is 1. The van der Waals surface area contributed by atoms with Crippen molar-refractivity contribution in [1.82, 2.24) is 4.98 Å². The monoisotopic (exact) mass is 278 g/mol. The number of carbonyl (C=O) groups excluding carboxylic acids is 1. The number of rotatable bonds is 2. The number of aromatic nitrogens is 1. The van der Waals surface area contributed by atoms with Crippen molar-refractivity contribution in [3.05, 3.63) is 10.6 Å². The second kappa shape index (κ2) is 5.23. The number of aryl methyl sites for hydroxylation is 1. The summed E-state index contributed by atoms with van der Waals surface area (Å²) in [5.74, 6) is 1.17. The first-order valence-electron chi connectivity index (χ1n) is 7.41. The minimum atomic E-state index is 0.302. The lowest BCUT2D eigenvalue weighted by atomic mass is 9.87. The van der Waals surface area contributed by atoms with Crippen molar-refractivity contribution in [2.75, 3.05) is 11.9 Å². The van der Waals surface area contributed by atoms with Crippen LogP contribution in [0.25, 0.3) is 0 Å². The molecule has 2 aliphatic carbocycles. The van der Waals surface area contributed by atoms with Crippen LogP contribution in [0.2, 0.25) is 0 Å². The highest BCUT2D eigenvalue weighted by atomic mass is 32.1. The summed E-state index contributed by atoms with van der Waals surface area (Å²) in [4.78, 5) is 19.9. The quantitative estimate of drug-likeness (QED) is 0.827. The van der Waals surface area contributed by atoms with E-state index >= 15 is 0 Å². The third-order valence-corrected chi connectivity index (χ3v) is 5.82. The van der Waals surface area contributed by atoms with Crippen LogP contribution in [0.5, 0.6) is 0 Å². The van der Waals surface area contributed by atoms with Crippen LogP contribution in [0.15, 0.2) is 0 Å². The summed E-state index contributed by atoms with van der Waals surface area (Å²) in [6.07, 6.45) is 7.82. The van der Waals surface area contributed by atoms with E-state index in [9.17, 15) is 4.79 Å². The molecule has 1 saturated carbocycles. The van der Waals surface area contributed by atoms with Gasteiger partial charge in [-0.05, 0) is 44.4 Å². The average Bonchev–Trinajstić information content (AvgIpc) is 2.84. The van der Waals surface area contributed by atoms with Gasteiger partial charge in [-0.2, -0.15) is 0 Å². The largest absolute Gasteiger partial charge is 0.348 e. The first-order valence-corrected chi connectivity index (χ1v) is 8.22. The Morgan fingerprint density at radius 2 is 1.95 bits per heavy atom. The van der Waals surface area contributed by atoms with Gasteiger partial charge in [-0.25, -0.2) is 4.98 Å². The number of ketones is 1. The molecule has 3 rings (SSSR count). The molecule has 0 atom stereocenters. The second-order valence-corrected chi connectivity index (χ2v) is 7.05. The van der Waals surface area contributed by atoms with E-state index in [1.165, 1.54) is 25.7 Å². The molecule has 0 N–H and O–H groups in total. The third kappa shape index (κ3) is 2.55. The van der Waals surface area contributed by atoms with E-state index in [2.05, 4.69) is 18.9 Å². The molecule has 0 spiro atoms. The van der Waals surface area contributed by atoms with Crippen LogP contribution in [0, 0.1) is 5.92 Å². The molecule has 0 bridgehead atoms. The molecule has 0 aliphatic heterocycles. The molecule has 1 fully saturated rings. The van der Waals surface area contributed by atoms with Crippen LogP contribution in [-0.2, 0) is 6.42 Å². The molecule has 4 heteroatoms.